The lowest BCUT2D eigenvalue weighted by atomic mass is 10.2. The van der Waals surface area contributed by atoms with E-state index < -0.39 is 11.0 Å². The van der Waals surface area contributed by atoms with Crippen molar-refractivity contribution in [3.05, 3.63) is 42.0 Å². The third kappa shape index (κ3) is 1.53. The molecule has 1 aromatic carbocycles. The van der Waals surface area contributed by atoms with Crippen LogP contribution in [-0.4, -0.2) is 10.1 Å². The first kappa shape index (κ1) is 8.19. The van der Waals surface area contributed by atoms with Crippen molar-refractivity contribution in [3.8, 4) is 0 Å². The molecule has 0 aliphatic carbocycles. The first-order valence-electron chi connectivity index (χ1n) is 3.77. The monoisotopic (exact) mass is 193 g/mol. The number of benzene rings is 1. The Bertz CT molecular complexity index is 397. The normalized spacial score (nSPS) is 21.1. The third-order valence-corrected chi connectivity index (χ3v) is 2.85. The number of carbonyl (C=O) groups excluding carboxylic acids is 1. The van der Waals surface area contributed by atoms with Crippen LogP contribution >= 0.6 is 0 Å². The van der Waals surface area contributed by atoms with Gasteiger partial charge in [-0.2, -0.15) is 0 Å². The van der Waals surface area contributed by atoms with Gasteiger partial charge < -0.3 is 0 Å². The molecule has 0 saturated heterocycles. The number of amides is 1. The Morgan fingerprint density at radius 1 is 1.15 bits per heavy atom. The van der Waals surface area contributed by atoms with Crippen molar-refractivity contribution >= 4 is 21.8 Å². The van der Waals surface area contributed by atoms with E-state index in [4.69, 9.17) is 0 Å². The molecule has 0 spiro atoms. The summed E-state index contributed by atoms with van der Waals surface area (Å²) in [6.07, 6.45) is 1.37. The second kappa shape index (κ2) is 3.14. The van der Waals surface area contributed by atoms with Crippen LogP contribution in [0.1, 0.15) is 5.56 Å². The maximum atomic E-state index is 11.3. The summed E-state index contributed by atoms with van der Waals surface area (Å²) in [6, 6.07) is 9.21. The van der Waals surface area contributed by atoms with E-state index in [-0.39, 0.29) is 5.91 Å². The average molecular weight is 193 g/mol. The van der Waals surface area contributed by atoms with Crippen LogP contribution in [0.5, 0.6) is 0 Å². The zero-order valence-corrected chi connectivity index (χ0v) is 7.51. The van der Waals surface area contributed by atoms with Gasteiger partial charge in [-0.3, -0.25) is 9.52 Å². The molecule has 1 heterocycles. The molecule has 3 nitrogen and oxygen atoms in total. The Labute approximate surface area is 78.1 Å². The molecule has 0 fully saturated rings. The van der Waals surface area contributed by atoms with Gasteiger partial charge in [0, 0.05) is 6.08 Å². The van der Waals surface area contributed by atoms with Gasteiger partial charge in [-0.15, -0.1) is 0 Å². The van der Waals surface area contributed by atoms with E-state index in [9.17, 15) is 9.00 Å². The molecule has 1 aromatic rings. The van der Waals surface area contributed by atoms with Crippen molar-refractivity contribution in [1.29, 1.82) is 0 Å². The maximum absolute atomic E-state index is 11.3. The predicted molar refractivity (Wildman–Crippen MR) is 50.7 cm³/mol. The summed E-state index contributed by atoms with van der Waals surface area (Å²) in [7, 11) is -1.38. The van der Waals surface area contributed by atoms with Crippen molar-refractivity contribution < 1.29 is 9.00 Å². The van der Waals surface area contributed by atoms with Gasteiger partial charge in [-0.05, 0) is 5.56 Å². The zero-order chi connectivity index (χ0) is 9.26. The molecule has 1 N–H and O–H groups in total. The van der Waals surface area contributed by atoms with E-state index in [2.05, 4.69) is 4.72 Å². The third-order valence-electron chi connectivity index (χ3n) is 1.71. The Morgan fingerprint density at radius 2 is 1.85 bits per heavy atom. The first-order valence-corrected chi connectivity index (χ1v) is 4.92. The lowest BCUT2D eigenvalue weighted by molar-refractivity contribution is -0.114. The van der Waals surface area contributed by atoms with Crippen LogP contribution in [0.3, 0.4) is 0 Å². The van der Waals surface area contributed by atoms with Crippen LogP contribution in [0.15, 0.2) is 36.4 Å². The van der Waals surface area contributed by atoms with Crippen LogP contribution in [-0.2, 0) is 15.8 Å². The Balaban J connectivity index is 2.43. The van der Waals surface area contributed by atoms with E-state index in [0.29, 0.717) is 4.91 Å². The summed E-state index contributed by atoms with van der Waals surface area (Å²) >= 11 is 0. The van der Waals surface area contributed by atoms with Gasteiger partial charge in [0.15, 0.2) is 11.0 Å². The molecule has 2 rings (SSSR count). The van der Waals surface area contributed by atoms with Gasteiger partial charge in [0.25, 0.3) is 5.91 Å². The van der Waals surface area contributed by atoms with Crippen molar-refractivity contribution in [1.82, 2.24) is 4.72 Å². The fraction of sp³-hybridized carbons (Fsp3) is 0. The van der Waals surface area contributed by atoms with Crippen molar-refractivity contribution in [3.63, 3.8) is 0 Å². The van der Waals surface area contributed by atoms with E-state index in [1.807, 2.05) is 30.3 Å². The molecule has 1 atom stereocenters. The smallest absolute Gasteiger partial charge is 0.257 e. The lowest BCUT2D eigenvalue weighted by Gasteiger charge is -1.98. The second-order valence-electron chi connectivity index (χ2n) is 2.61. The molecule has 0 aromatic heterocycles. The Hall–Kier alpha value is -1.42. The fourth-order valence-corrected chi connectivity index (χ4v) is 2.06. The fourth-order valence-electron chi connectivity index (χ4n) is 1.14. The first-order chi connectivity index (χ1) is 6.27. The molecule has 4 heteroatoms. The van der Waals surface area contributed by atoms with E-state index in [1.165, 1.54) is 6.08 Å². The Kier molecular flexibility index (Phi) is 1.98. The number of rotatable bonds is 1. The minimum Gasteiger partial charge on any atom is -0.269 e. The molecule has 1 unspecified atom stereocenters. The highest BCUT2D eigenvalue weighted by Gasteiger charge is 2.20. The molecule has 0 saturated carbocycles. The summed E-state index contributed by atoms with van der Waals surface area (Å²) in [6.45, 7) is 0. The lowest BCUT2D eigenvalue weighted by Crippen LogP contribution is -2.16. The zero-order valence-electron chi connectivity index (χ0n) is 6.69. The molecule has 0 bridgehead atoms. The van der Waals surface area contributed by atoms with Gasteiger partial charge in [-0.25, -0.2) is 4.21 Å². The highest BCUT2D eigenvalue weighted by atomic mass is 32.2. The van der Waals surface area contributed by atoms with Crippen LogP contribution < -0.4 is 4.72 Å². The number of carbonyl (C=O) groups is 1. The summed E-state index contributed by atoms with van der Waals surface area (Å²) < 4.78 is 13.6. The minimum atomic E-state index is -1.38. The standard InChI is InChI=1S/C9H7NO2S/c11-9-6-8(13(12)10-9)7-4-2-1-3-5-7/h1-6H,(H,10,11). The highest BCUT2D eigenvalue weighted by molar-refractivity contribution is 7.93. The van der Waals surface area contributed by atoms with Crippen LogP contribution in [0.25, 0.3) is 4.91 Å². The highest BCUT2D eigenvalue weighted by Crippen LogP contribution is 2.20. The van der Waals surface area contributed by atoms with Crippen LogP contribution in [0.4, 0.5) is 0 Å². The summed E-state index contributed by atoms with van der Waals surface area (Å²) in [5, 5.41) is 0. The van der Waals surface area contributed by atoms with Crippen LogP contribution in [0.2, 0.25) is 0 Å². The van der Waals surface area contributed by atoms with Crippen molar-refractivity contribution in [2.24, 2.45) is 0 Å². The molecule has 1 aliphatic heterocycles. The summed E-state index contributed by atoms with van der Waals surface area (Å²) in [4.78, 5) is 11.4. The summed E-state index contributed by atoms with van der Waals surface area (Å²) in [5.41, 5.74) is 0.819. The molecule has 1 amide bonds. The van der Waals surface area contributed by atoms with Gasteiger partial charge in [-0.1, -0.05) is 30.3 Å². The van der Waals surface area contributed by atoms with E-state index >= 15 is 0 Å². The molecule has 13 heavy (non-hydrogen) atoms. The number of nitrogens with one attached hydrogen (secondary N) is 1. The number of hydrogen-bond donors (Lipinski definition) is 1. The van der Waals surface area contributed by atoms with E-state index in [1.54, 1.807) is 0 Å². The predicted octanol–water partition coefficient (Wildman–Crippen LogP) is 0.821. The van der Waals surface area contributed by atoms with Gasteiger partial charge in [0.1, 0.15) is 0 Å². The molecule has 1 aliphatic rings. The molecule has 66 valence electrons. The topological polar surface area (TPSA) is 46.2 Å². The average Bonchev–Trinajstić information content (AvgIpc) is 2.47. The quantitative estimate of drug-likeness (QED) is 0.717. The van der Waals surface area contributed by atoms with Crippen LogP contribution in [0, 0.1) is 0 Å². The molecular formula is C9H7NO2S. The van der Waals surface area contributed by atoms with Gasteiger partial charge in [0.2, 0.25) is 0 Å². The van der Waals surface area contributed by atoms with Gasteiger partial charge >= 0.3 is 0 Å². The minimum absolute atomic E-state index is 0.294. The van der Waals surface area contributed by atoms with Crippen molar-refractivity contribution in [2.75, 3.05) is 0 Å². The Morgan fingerprint density at radius 3 is 2.38 bits per heavy atom. The molecule has 0 radical (unpaired) electrons. The second-order valence-corrected chi connectivity index (χ2v) is 3.79. The molecular weight excluding hydrogens is 186 g/mol. The largest absolute Gasteiger partial charge is 0.269 e. The van der Waals surface area contributed by atoms with Crippen molar-refractivity contribution in [2.45, 2.75) is 0 Å². The SMILES string of the molecule is O=C1C=C(c2ccccc2)S(=O)N1. The van der Waals surface area contributed by atoms with Gasteiger partial charge in [0.05, 0.1) is 4.91 Å². The van der Waals surface area contributed by atoms with E-state index in [0.717, 1.165) is 5.56 Å². The number of hydrogen-bond acceptors (Lipinski definition) is 2. The summed E-state index contributed by atoms with van der Waals surface area (Å²) in [5.74, 6) is -0.294. The maximum Gasteiger partial charge on any atom is 0.257 e.